The molecule has 2 saturated heterocycles. The fourth-order valence-electron chi connectivity index (χ4n) is 2.88. The molecule has 0 aromatic heterocycles. The number of rotatable bonds is 1. The van der Waals surface area contributed by atoms with Crippen LogP contribution in [0.25, 0.3) is 0 Å². The summed E-state index contributed by atoms with van der Waals surface area (Å²) in [4.78, 5) is 14.1. The Morgan fingerprint density at radius 1 is 1.21 bits per heavy atom. The van der Waals surface area contributed by atoms with Crippen LogP contribution in [0, 0.1) is 27.0 Å². The number of nitrogens with one attached hydrogen (secondary N) is 1. The topological polar surface area (TPSA) is 32.3 Å². The fraction of sp³-hybridized carbons (Fsp3) is 0.462. The van der Waals surface area contributed by atoms with E-state index < -0.39 is 11.6 Å². The highest BCUT2D eigenvalue weighted by Gasteiger charge is 2.38. The average Bonchev–Trinajstić information content (AvgIpc) is 2.93. The Balaban J connectivity index is 1.83. The number of carbonyl (C=O) groups is 1. The van der Waals surface area contributed by atoms with Gasteiger partial charge in [0.15, 0.2) is 11.6 Å². The molecular weight excluding hydrogens is 365 g/mol. The summed E-state index contributed by atoms with van der Waals surface area (Å²) < 4.78 is 26.8. The molecule has 1 aromatic rings. The summed E-state index contributed by atoms with van der Waals surface area (Å²) in [6.45, 7) is 3.27. The van der Waals surface area contributed by atoms with E-state index in [-0.39, 0.29) is 11.5 Å². The van der Waals surface area contributed by atoms with Crippen molar-refractivity contribution in [2.45, 2.75) is 0 Å². The molecule has 19 heavy (non-hydrogen) atoms. The van der Waals surface area contributed by atoms with E-state index in [9.17, 15) is 13.6 Å². The summed E-state index contributed by atoms with van der Waals surface area (Å²) in [5.41, 5.74) is 0.257. The normalized spacial score (nSPS) is 25.7. The zero-order valence-electron chi connectivity index (χ0n) is 10.1. The van der Waals surface area contributed by atoms with Crippen LogP contribution in [-0.4, -0.2) is 37.0 Å². The lowest BCUT2D eigenvalue weighted by molar-refractivity contribution is 0.0780. The Morgan fingerprint density at radius 3 is 2.42 bits per heavy atom. The zero-order chi connectivity index (χ0) is 13.6. The van der Waals surface area contributed by atoms with E-state index in [4.69, 9.17) is 0 Å². The Bertz CT molecular complexity index is 526. The Kier molecular flexibility index (Phi) is 3.46. The Labute approximate surface area is 123 Å². The molecular formula is C13H13F2IN2O. The second kappa shape index (κ2) is 4.97. The van der Waals surface area contributed by atoms with Crippen LogP contribution in [-0.2, 0) is 0 Å². The SMILES string of the molecule is O=C(c1cc(F)c(F)cc1I)N1C[C@H]2CNC[C@H]2C1. The van der Waals surface area contributed by atoms with Gasteiger partial charge in [-0.05, 0) is 46.6 Å². The van der Waals surface area contributed by atoms with Crippen molar-refractivity contribution in [2.75, 3.05) is 26.2 Å². The lowest BCUT2D eigenvalue weighted by Gasteiger charge is -2.18. The van der Waals surface area contributed by atoms with Crippen LogP contribution >= 0.6 is 22.6 Å². The quantitative estimate of drug-likeness (QED) is 0.598. The van der Waals surface area contributed by atoms with Crippen molar-refractivity contribution in [1.82, 2.24) is 10.2 Å². The lowest BCUT2D eigenvalue weighted by Crippen LogP contribution is -2.32. The smallest absolute Gasteiger partial charge is 0.255 e. The highest BCUT2D eigenvalue weighted by Crippen LogP contribution is 2.28. The van der Waals surface area contributed by atoms with E-state index in [1.165, 1.54) is 0 Å². The molecule has 2 heterocycles. The minimum absolute atomic E-state index is 0.197. The van der Waals surface area contributed by atoms with Crippen molar-refractivity contribution < 1.29 is 13.6 Å². The second-order valence-corrected chi connectivity index (χ2v) is 6.30. The molecule has 1 aromatic carbocycles. The molecule has 1 amide bonds. The van der Waals surface area contributed by atoms with Crippen LogP contribution in [0.15, 0.2) is 12.1 Å². The predicted molar refractivity (Wildman–Crippen MR) is 74.8 cm³/mol. The van der Waals surface area contributed by atoms with E-state index in [2.05, 4.69) is 5.32 Å². The number of likely N-dealkylation sites (tertiary alicyclic amines) is 1. The average molecular weight is 378 g/mol. The third-order valence-electron chi connectivity index (χ3n) is 3.92. The van der Waals surface area contributed by atoms with Crippen molar-refractivity contribution in [3.8, 4) is 0 Å². The van der Waals surface area contributed by atoms with Crippen molar-refractivity contribution in [3.63, 3.8) is 0 Å². The Morgan fingerprint density at radius 2 is 1.79 bits per heavy atom. The molecule has 0 aliphatic carbocycles. The van der Waals surface area contributed by atoms with Crippen LogP contribution < -0.4 is 5.32 Å². The molecule has 0 radical (unpaired) electrons. The number of nitrogens with zero attached hydrogens (tertiary/aromatic N) is 1. The largest absolute Gasteiger partial charge is 0.338 e. The van der Waals surface area contributed by atoms with Gasteiger partial charge in [-0.25, -0.2) is 8.78 Å². The molecule has 2 aliphatic rings. The predicted octanol–water partition coefficient (Wildman–Crippen LogP) is 1.86. The number of hydrogen-bond donors (Lipinski definition) is 1. The molecule has 2 aliphatic heterocycles. The Hall–Kier alpha value is -0.760. The maximum Gasteiger partial charge on any atom is 0.255 e. The first-order valence-corrected chi connectivity index (χ1v) is 7.28. The molecule has 3 nitrogen and oxygen atoms in total. The van der Waals surface area contributed by atoms with Gasteiger partial charge < -0.3 is 10.2 Å². The first kappa shape index (κ1) is 13.2. The number of carbonyl (C=O) groups excluding carboxylic acids is 1. The van der Waals surface area contributed by atoms with Gasteiger partial charge in [-0.3, -0.25) is 4.79 Å². The van der Waals surface area contributed by atoms with Gasteiger partial charge in [0.05, 0.1) is 5.56 Å². The molecule has 3 rings (SSSR count). The monoisotopic (exact) mass is 378 g/mol. The highest BCUT2D eigenvalue weighted by molar-refractivity contribution is 14.1. The maximum atomic E-state index is 13.3. The van der Waals surface area contributed by atoms with E-state index in [0.717, 1.165) is 25.2 Å². The van der Waals surface area contributed by atoms with Crippen LogP contribution in [0.5, 0.6) is 0 Å². The van der Waals surface area contributed by atoms with Gasteiger partial charge in [0.25, 0.3) is 5.91 Å². The van der Waals surface area contributed by atoms with Crippen LogP contribution in [0.2, 0.25) is 0 Å². The first-order chi connectivity index (χ1) is 9.06. The van der Waals surface area contributed by atoms with Gasteiger partial charge in [-0.1, -0.05) is 0 Å². The molecule has 0 unspecified atom stereocenters. The number of amides is 1. The minimum atomic E-state index is -0.968. The standard InChI is InChI=1S/C13H13F2IN2O/c14-10-1-9(12(16)2-11(10)15)13(19)18-5-7-3-17-4-8(7)6-18/h1-2,7-8,17H,3-6H2/t7-,8+. The lowest BCUT2D eigenvalue weighted by atomic mass is 10.0. The number of halogens is 3. The summed E-state index contributed by atoms with van der Waals surface area (Å²) in [6, 6.07) is 2.08. The maximum absolute atomic E-state index is 13.3. The number of fused-ring (bicyclic) bond motifs is 1. The molecule has 2 fully saturated rings. The molecule has 2 atom stereocenters. The molecule has 0 bridgehead atoms. The molecule has 102 valence electrons. The van der Waals surface area contributed by atoms with Gasteiger partial charge in [0, 0.05) is 29.7 Å². The summed E-state index contributed by atoms with van der Waals surface area (Å²) in [5.74, 6) is -1.09. The molecule has 0 saturated carbocycles. The van der Waals surface area contributed by atoms with Crippen molar-refractivity contribution in [1.29, 1.82) is 0 Å². The first-order valence-electron chi connectivity index (χ1n) is 6.21. The third-order valence-corrected chi connectivity index (χ3v) is 4.81. The fourth-order valence-corrected chi connectivity index (χ4v) is 3.54. The summed E-state index contributed by atoms with van der Waals surface area (Å²) in [7, 11) is 0. The van der Waals surface area contributed by atoms with E-state index in [1.54, 1.807) is 4.90 Å². The van der Waals surface area contributed by atoms with Gasteiger partial charge in [0.1, 0.15) is 0 Å². The minimum Gasteiger partial charge on any atom is -0.338 e. The van der Waals surface area contributed by atoms with Gasteiger partial charge in [-0.15, -0.1) is 0 Å². The summed E-state index contributed by atoms with van der Waals surface area (Å²) in [6.07, 6.45) is 0. The highest BCUT2D eigenvalue weighted by atomic mass is 127. The van der Waals surface area contributed by atoms with E-state index >= 15 is 0 Å². The summed E-state index contributed by atoms with van der Waals surface area (Å²) in [5, 5.41) is 3.30. The third kappa shape index (κ3) is 2.35. The van der Waals surface area contributed by atoms with E-state index in [0.29, 0.717) is 28.5 Å². The zero-order valence-corrected chi connectivity index (χ0v) is 12.3. The van der Waals surface area contributed by atoms with Crippen molar-refractivity contribution in [2.24, 2.45) is 11.8 Å². The van der Waals surface area contributed by atoms with E-state index in [1.807, 2.05) is 22.6 Å². The van der Waals surface area contributed by atoms with Crippen molar-refractivity contribution >= 4 is 28.5 Å². The summed E-state index contributed by atoms with van der Waals surface area (Å²) >= 11 is 1.87. The number of hydrogen-bond acceptors (Lipinski definition) is 2. The second-order valence-electron chi connectivity index (χ2n) is 5.13. The molecule has 6 heteroatoms. The van der Waals surface area contributed by atoms with Crippen molar-refractivity contribution in [3.05, 3.63) is 32.9 Å². The van der Waals surface area contributed by atoms with Gasteiger partial charge >= 0.3 is 0 Å². The van der Waals surface area contributed by atoms with Crippen LogP contribution in [0.4, 0.5) is 8.78 Å². The molecule has 1 N–H and O–H groups in total. The molecule has 0 spiro atoms. The number of benzene rings is 1. The van der Waals surface area contributed by atoms with Gasteiger partial charge in [0.2, 0.25) is 0 Å². The van der Waals surface area contributed by atoms with Crippen LogP contribution in [0.1, 0.15) is 10.4 Å². The van der Waals surface area contributed by atoms with Gasteiger partial charge in [-0.2, -0.15) is 0 Å². The van der Waals surface area contributed by atoms with Crippen LogP contribution in [0.3, 0.4) is 0 Å².